The van der Waals surface area contributed by atoms with Gasteiger partial charge in [0.15, 0.2) is 17.6 Å². The molecule has 0 bridgehead atoms. The molecule has 0 saturated heterocycles. The van der Waals surface area contributed by atoms with Crippen LogP contribution in [-0.2, 0) is 11.2 Å². The predicted molar refractivity (Wildman–Crippen MR) is 107 cm³/mol. The van der Waals surface area contributed by atoms with Gasteiger partial charge in [0.05, 0.1) is 14.2 Å². The van der Waals surface area contributed by atoms with Crippen LogP contribution in [0.3, 0.4) is 0 Å². The maximum atomic E-state index is 12.2. The van der Waals surface area contributed by atoms with Crippen LogP contribution in [0.1, 0.15) is 24.5 Å². The van der Waals surface area contributed by atoms with E-state index in [1.165, 1.54) is 0 Å². The zero-order valence-corrected chi connectivity index (χ0v) is 16.9. The summed E-state index contributed by atoms with van der Waals surface area (Å²) >= 11 is 6.00. The Hall–Kier alpha value is -2.40. The number of hydrogen-bond donors (Lipinski definition) is 1. The van der Waals surface area contributed by atoms with Gasteiger partial charge in [0, 0.05) is 11.6 Å². The van der Waals surface area contributed by atoms with Crippen LogP contribution in [0.15, 0.2) is 36.4 Å². The molecule has 0 aliphatic heterocycles. The second-order valence-corrected chi connectivity index (χ2v) is 6.66. The Bertz CT molecular complexity index is 779. The fourth-order valence-electron chi connectivity index (χ4n) is 2.63. The first-order valence-corrected chi connectivity index (χ1v) is 9.23. The molecule has 6 heteroatoms. The van der Waals surface area contributed by atoms with Crippen molar-refractivity contribution in [3.63, 3.8) is 0 Å². The highest BCUT2D eigenvalue weighted by molar-refractivity contribution is 6.31. The number of hydrogen-bond acceptors (Lipinski definition) is 4. The van der Waals surface area contributed by atoms with Crippen molar-refractivity contribution in [2.75, 3.05) is 20.8 Å². The maximum Gasteiger partial charge on any atom is 0.260 e. The number of methoxy groups -OCH3 is 2. The second-order valence-electron chi connectivity index (χ2n) is 6.25. The maximum absolute atomic E-state index is 12.2. The van der Waals surface area contributed by atoms with Crippen LogP contribution in [0.25, 0.3) is 0 Å². The third kappa shape index (κ3) is 6.07. The summed E-state index contributed by atoms with van der Waals surface area (Å²) in [6.07, 6.45) is 1.06. The molecule has 0 aliphatic carbocycles. The average Bonchev–Trinajstić information content (AvgIpc) is 2.67. The third-order valence-corrected chi connectivity index (χ3v) is 4.62. The molecule has 1 atom stereocenters. The first-order chi connectivity index (χ1) is 12.9. The highest BCUT2D eigenvalue weighted by atomic mass is 35.5. The smallest absolute Gasteiger partial charge is 0.260 e. The van der Waals surface area contributed by atoms with Crippen LogP contribution in [0, 0.1) is 6.92 Å². The van der Waals surface area contributed by atoms with E-state index in [-0.39, 0.29) is 5.91 Å². The lowest BCUT2D eigenvalue weighted by Crippen LogP contribution is -2.36. The molecule has 146 valence electrons. The molecule has 2 aromatic rings. The number of halogens is 1. The van der Waals surface area contributed by atoms with E-state index in [0.717, 1.165) is 24.0 Å². The normalized spacial score (nSPS) is 11.6. The number of carbonyl (C=O) groups is 1. The van der Waals surface area contributed by atoms with Crippen molar-refractivity contribution in [2.24, 2.45) is 0 Å². The number of rotatable bonds is 9. The summed E-state index contributed by atoms with van der Waals surface area (Å²) in [5.74, 6) is 1.90. The number of benzene rings is 2. The molecule has 0 unspecified atom stereocenters. The summed E-state index contributed by atoms with van der Waals surface area (Å²) in [5.41, 5.74) is 2.04. The Morgan fingerprint density at radius 1 is 1.11 bits per heavy atom. The van der Waals surface area contributed by atoms with Gasteiger partial charge in [-0.15, -0.1) is 0 Å². The number of ether oxygens (including phenoxy) is 3. The zero-order valence-electron chi connectivity index (χ0n) is 16.2. The molecular weight excluding hydrogens is 366 g/mol. The fraction of sp³-hybridized carbons (Fsp3) is 0.381. The molecule has 1 N–H and O–H groups in total. The van der Waals surface area contributed by atoms with E-state index < -0.39 is 6.10 Å². The van der Waals surface area contributed by atoms with E-state index in [1.807, 2.05) is 31.2 Å². The standard InChI is InChI=1S/C21H26ClNO4/c1-14-12-17(8-9-18(14)22)27-15(2)21(24)23-11-5-6-16-7-10-19(25-3)20(13-16)26-4/h7-10,12-13,15H,5-6,11H2,1-4H3,(H,23,24)/t15-/m1/s1. The molecule has 5 nitrogen and oxygen atoms in total. The zero-order chi connectivity index (χ0) is 19.8. The Morgan fingerprint density at radius 3 is 2.52 bits per heavy atom. The summed E-state index contributed by atoms with van der Waals surface area (Å²) in [6, 6.07) is 11.2. The molecule has 0 aromatic heterocycles. The van der Waals surface area contributed by atoms with Crippen LogP contribution in [-0.4, -0.2) is 32.8 Å². The minimum atomic E-state index is -0.577. The first kappa shape index (κ1) is 20.9. The van der Waals surface area contributed by atoms with Crippen LogP contribution >= 0.6 is 11.6 Å². The van der Waals surface area contributed by atoms with Gasteiger partial charge in [-0.05, 0) is 68.1 Å². The lowest BCUT2D eigenvalue weighted by atomic mass is 10.1. The minimum absolute atomic E-state index is 0.144. The van der Waals surface area contributed by atoms with Crippen molar-refractivity contribution in [3.05, 3.63) is 52.5 Å². The summed E-state index contributed by atoms with van der Waals surface area (Å²) in [5, 5.41) is 3.58. The molecule has 27 heavy (non-hydrogen) atoms. The molecule has 0 radical (unpaired) electrons. The van der Waals surface area contributed by atoms with Crippen molar-refractivity contribution in [1.29, 1.82) is 0 Å². The number of nitrogens with one attached hydrogen (secondary N) is 1. The Morgan fingerprint density at radius 2 is 1.85 bits per heavy atom. The summed E-state index contributed by atoms with van der Waals surface area (Å²) in [4.78, 5) is 12.2. The highest BCUT2D eigenvalue weighted by Gasteiger charge is 2.14. The van der Waals surface area contributed by atoms with Gasteiger partial charge in [0.2, 0.25) is 0 Å². The van der Waals surface area contributed by atoms with Gasteiger partial charge >= 0.3 is 0 Å². The van der Waals surface area contributed by atoms with Crippen molar-refractivity contribution in [2.45, 2.75) is 32.8 Å². The van der Waals surface area contributed by atoms with E-state index in [9.17, 15) is 4.79 Å². The van der Waals surface area contributed by atoms with Crippen LogP contribution in [0.4, 0.5) is 0 Å². The number of carbonyl (C=O) groups excluding carboxylic acids is 1. The monoisotopic (exact) mass is 391 g/mol. The molecule has 2 rings (SSSR count). The van der Waals surface area contributed by atoms with Crippen LogP contribution in [0.5, 0.6) is 17.2 Å². The third-order valence-electron chi connectivity index (χ3n) is 4.20. The van der Waals surface area contributed by atoms with Crippen molar-refractivity contribution in [1.82, 2.24) is 5.32 Å². The molecule has 2 aromatic carbocycles. The van der Waals surface area contributed by atoms with Crippen molar-refractivity contribution < 1.29 is 19.0 Å². The lowest BCUT2D eigenvalue weighted by Gasteiger charge is -2.15. The van der Waals surface area contributed by atoms with Crippen molar-refractivity contribution >= 4 is 17.5 Å². The summed E-state index contributed by atoms with van der Waals surface area (Å²) in [6.45, 7) is 4.20. The molecule has 1 amide bonds. The van der Waals surface area contributed by atoms with Gasteiger partial charge < -0.3 is 19.5 Å². The molecule has 0 spiro atoms. The van der Waals surface area contributed by atoms with Crippen molar-refractivity contribution in [3.8, 4) is 17.2 Å². The van der Waals surface area contributed by atoms with Gasteiger partial charge in [-0.3, -0.25) is 4.79 Å². The first-order valence-electron chi connectivity index (χ1n) is 8.86. The van der Waals surface area contributed by atoms with Gasteiger partial charge in [-0.1, -0.05) is 17.7 Å². The Kier molecular flexibility index (Phi) is 7.80. The highest BCUT2D eigenvalue weighted by Crippen LogP contribution is 2.28. The summed E-state index contributed by atoms with van der Waals surface area (Å²) < 4.78 is 16.2. The van der Waals surface area contributed by atoms with Crippen LogP contribution < -0.4 is 19.5 Å². The van der Waals surface area contributed by atoms with Crippen LogP contribution in [0.2, 0.25) is 5.02 Å². The SMILES string of the molecule is COc1ccc(CCCNC(=O)[C@@H](C)Oc2ccc(Cl)c(C)c2)cc1OC. The Balaban J connectivity index is 1.77. The predicted octanol–water partition coefficient (Wildman–Crippen LogP) is 4.18. The van der Waals surface area contributed by atoms with E-state index in [4.69, 9.17) is 25.8 Å². The van der Waals surface area contributed by atoms with Gasteiger partial charge in [0.1, 0.15) is 5.75 Å². The average molecular weight is 392 g/mol. The fourth-order valence-corrected chi connectivity index (χ4v) is 2.75. The van der Waals surface area contributed by atoms with E-state index in [0.29, 0.717) is 28.8 Å². The van der Waals surface area contributed by atoms with E-state index in [1.54, 1.807) is 33.3 Å². The largest absolute Gasteiger partial charge is 0.493 e. The van der Waals surface area contributed by atoms with Gasteiger partial charge in [-0.25, -0.2) is 0 Å². The number of amides is 1. The molecule has 0 heterocycles. The second kappa shape index (κ2) is 10.1. The quantitative estimate of drug-likeness (QED) is 0.651. The van der Waals surface area contributed by atoms with E-state index in [2.05, 4.69) is 5.32 Å². The topological polar surface area (TPSA) is 56.8 Å². The lowest BCUT2D eigenvalue weighted by molar-refractivity contribution is -0.127. The van der Waals surface area contributed by atoms with Gasteiger partial charge in [-0.2, -0.15) is 0 Å². The molecule has 0 aliphatic rings. The Labute approximate surface area is 165 Å². The summed E-state index contributed by atoms with van der Waals surface area (Å²) in [7, 11) is 3.23. The molecule has 0 saturated carbocycles. The van der Waals surface area contributed by atoms with E-state index >= 15 is 0 Å². The van der Waals surface area contributed by atoms with Gasteiger partial charge in [0.25, 0.3) is 5.91 Å². The molecular formula is C21H26ClNO4. The molecule has 0 fully saturated rings. The minimum Gasteiger partial charge on any atom is -0.493 e. The number of aryl methyl sites for hydroxylation is 2.